The molecule has 5 heteroatoms. The molecule has 0 aromatic heterocycles. The summed E-state index contributed by atoms with van der Waals surface area (Å²) in [4.78, 5) is 11.9. The van der Waals surface area contributed by atoms with Crippen molar-refractivity contribution in [1.29, 1.82) is 0 Å². The Morgan fingerprint density at radius 3 is 2.44 bits per heavy atom. The van der Waals surface area contributed by atoms with E-state index in [1.807, 2.05) is 62.4 Å². The maximum Gasteiger partial charge on any atom is 0.335 e. The van der Waals surface area contributed by atoms with Gasteiger partial charge in [0.05, 0.1) is 6.61 Å². The van der Waals surface area contributed by atoms with E-state index < -0.39 is 12.2 Å². The van der Waals surface area contributed by atoms with E-state index in [-0.39, 0.29) is 12.6 Å². The van der Waals surface area contributed by atoms with E-state index in [1.165, 1.54) is 0 Å². The number of carbonyl (C=O) groups excluding carboxylic acids is 1. The highest BCUT2D eigenvalue weighted by Crippen LogP contribution is 2.19. The molecular weight excluding hydrogens is 344 g/mol. The third-order valence-electron chi connectivity index (χ3n) is 4.10. The van der Waals surface area contributed by atoms with Crippen LogP contribution in [-0.4, -0.2) is 37.0 Å². The Hall–Kier alpha value is -2.37. The van der Waals surface area contributed by atoms with Crippen LogP contribution < -0.4 is 4.74 Å². The van der Waals surface area contributed by atoms with Crippen molar-refractivity contribution in [1.82, 2.24) is 0 Å². The fourth-order valence-electron chi connectivity index (χ4n) is 2.73. The molecule has 2 aromatic carbocycles. The fourth-order valence-corrected chi connectivity index (χ4v) is 2.73. The van der Waals surface area contributed by atoms with Crippen molar-refractivity contribution >= 4 is 5.97 Å². The van der Waals surface area contributed by atoms with Crippen molar-refractivity contribution in [2.75, 3.05) is 19.8 Å². The Labute approximate surface area is 160 Å². The van der Waals surface area contributed by atoms with Gasteiger partial charge in [-0.1, -0.05) is 42.0 Å². The Kier molecular flexibility index (Phi) is 8.30. The van der Waals surface area contributed by atoms with Crippen LogP contribution in [0.25, 0.3) is 0 Å². The summed E-state index contributed by atoms with van der Waals surface area (Å²) in [5.74, 6) is 0.315. The van der Waals surface area contributed by atoms with E-state index in [9.17, 15) is 9.90 Å². The van der Waals surface area contributed by atoms with Gasteiger partial charge in [-0.3, -0.25) is 0 Å². The summed E-state index contributed by atoms with van der Waals surface area (Å²) in [6.07, 6.45) is -0.848. The standard InChI is InChI=1S/C22H28O5/c1-4-25-21(22(24)26-5-2)14-17-9-11-19(12-10-17)27-15-20(23)18-8-6-7-16(3)13-18/h6-13,20-21,23H,4-5,14-15H2,1-3H3/t20-,21+/m1/s1. The fraction of sp³-hybridized carbons (Fsp3) is 0.409. The van der Waals surface area contributed by atoms with Crippen LogP contribution in [0.1, 0.15) is 36.6 Å². The summed E-state index contributed by atoms with van der Waals surface area (Å²) in [6, 6.07) is 15.2. The second-order valence-corrected chi connectivity index (χ2v) is 6.29. The van der Waals surface area contributed by atoms with E-state index in [0.29, 0.717) is 25.4 Å². The average molecular weight is 372 g/mol. The predicted molar refractivity (Wildman–Crippen MR) is 104 cm³/mol. The van der Waals surface area contributed by atoms with E-state index in [0.717, 1.165) is 16.7 Å². The molecule has 0 bridgehead atoms. The average Bonchev–Trinajstić information content (AvgIpc) is 2.67. The normalized spacial score (nSPS) is 13.0. The Morgan fingerprint density at radius 2 is 1.81 bits per heavy atom. The van der Waals surface area contributed by atoms with Gasteiger partial charge in [0.1, 0.15) is 18.5 Å². The molecule has 0 fully saturated rings. The van der Waals surface area contributed by atoms with E-state index in [1.54, 1.807) is 6.92 Å². The van der Waals surface area contributed by atoms with Gasteiger partial charge in [-0.25, -0.2) is 4.79 Å². The summed E-state index contributed by atoms with van der Waals surface area (Å²) >= 11 is 0. The molecule has 1 N–H and O–H groups in total. The molecule has 0 spiro atoms. The second-order valence-electron chi connectivity index (χ2n) is 6.29. The Morgan fingerprint density at radius 1 is 1.07 bits per heavy atom. The molecule has 0 aliphatic carbocycles. The molecule has 2 atom stereocenters. The first-order valence-electron chi connectivity index (χ1n) is 9.28. The molecule has 0 unspecified atom stereocenters. The van der Waals surface area contributed by atoms with Gasteiger partial charge in [0, 0.05) is 13.0 Å². The third kappa shape index (κ3) is 6.70. The molecule has 27 heavy (non-hydrogen) atoms. The maximum atomic E-state index is 11.9. The van der Waals surface area contributed by atoms with Crippen molar-refractivity contribution in [3.05, 3.63) is 65.2 Å². The first kappa shape index (κ1) is 20.9. The number of aliphatic hydroxyl groups excluding tert-OH is 1. The summed E-state index contributed by atoms with van der Waals surface area (Å²) < 4.78 is 16.2. The van der Waals surface area contributed by atoms with Crippen molar-refractivity contribution < 1.29 is 24.1 Å². The Balaban J connectivity index is 1.91. The van der Waals surface area contributed by atoms with Gasteiger partial charge in [0.15, 0.2) is 6.10 Å². The minimum absolute atomic E-state index is 0.174. The first-order chi connectivity index (χ1) is 13.0. The highest BCUT2D eigenvalue weighted by Gasteiger charge is 2.20. The number of rotatable bonds is 10. The highest BCUT2D eigenvalue weighted by atomic mass is 16.6. The summed E-state index contributed by atoms with van der Waals surface area (Å²) in [7, 11) is 0. The second kappa shape index (κ2) is 10.7. The number of ether oxygens (including phenoxy) is 3. The van der Waals surface area contributed by atoms with Crippen LogP contribution in [0.4, 0.5) is 0 Å². The van der Waals surface area contributed by atoms with Crippen molar-refractivity contribution in [3.8, 4) is 5.75 Å². The van der Waals surface area contributed by atoms with Gasteiger partial charge >= 0.3 is 5.97 Å². The smallest absolute Gasteiger partial charge is 0.335 e. The number of esters is 1. The molecule has 0 radical (unpaired) electrons. The monoisotopic (exact) mass is 372 g/mol. The van der Waals surface area contributed by atoms with Gasteiger partial charge in [-0.15, -0.1) is 0 Å². The van der Waals surface area contributed by atoms with Crippen LogP contribution in [0.15, 0.2) is 48.5 Å². The van der Waals surface area contributed by atoms with Crippen LogP contribution in [0.5, 0.6) is 5.75 Å². The summed E-state index contributed by atoms with van der Waals surface area (Å²) in [6.45, 7) is 6.57. The molecule has 0 saturated heterocycles. The third-order valence-corrected chi connectivity index (χ3v) is 4.10. The molecule has 0 amide bonds. The van der Waals surface area contributed by atoms with Crippen LogP contribution in [-0.2, 0) is 20.7 Å². The molecule has 0 heterocycles. The molecule has 0 aliphatic rings. The van der Waals surface area contributed by atoms with Gasteiger partial charge in [-0.2, -0.15) is 0 Å². The minimum Gasteiger partial charge on any atom is -0.491 e. The number of hydrogen-bond acceptors (Lipinski definition) is 5. The first-order valence-corrected chi connectivity index (χ1v) is 9.28. The SMILES string of the molecule is CCOC(=O)[C@H](Cc1ccc(OC[C@@H](O)c2cccc(C)c2)cc1)OCC. The van der Waals surface area contributed by atoms with Gasteiger partial charge in [0.2, 0.25) is 0 Å². The van der Waals surface area contributed by atoms with Crippen molar-refractivity contribution in [3.63, 3.8) is 0 Å². The zero-order valence-electron chi connectivity index (χ0n) is 16.2. The van der Waals surface area contributed by atoms with Crippen LogP contribution in [0.3, 0.4) is 0 Å². The molecule has 2 rings (SSSR count). The maximum absolute atomic E-state index is 11.9. The number of carbonyl (C=O) groups is 1. The van der Waals surface area contributed by atoms with Crippen molar-refractivity contribution in [2.24, 2.45) is 0 Å². The van der Waals surface area contributed by atoms with Gasteiger partial charge in [-0.05, 0) is 44.0 Å². The Bertz CT molecular complexity index is 711. The number of aliphatic hydroxyl groups is 1. The van der Waals surface area contributed by atoms with E-state index >= 15 is 0 Å². The number of aryl methyl sites for hydroxylation is 1. The number of hydrogen-bond donors (Lipinski definition) is 1. The quantitative estimate of drug-likeness (QED) is 0.646. The predicted octanol–water partition coefficient (Wildman–Crippen LogP) is 3.62. The van der Waals surface area contributed by atoms with Gasteiger partial charge < -0.3 is 19.3 Å². The molecule has 146 valence electrons. The summed E-state index contributed by atoms with van der Waals surface area (Å²) in [5.41, 5.74) is 2.88. The summed E-state index contributed by atoms with van der Waals surface area (Å²) in [5, 5.41) is 10.3. The molecule has 0 aliphatic heterocycles. The zero-order valence-corrected chi connectivity index (χ0v) is 16.2. The van der Waals surface area contributed by atoms with Crippen LogP contribution in [0.2, 0.25) is 0 Å². The number of benzene rings is 2. The van der Waals surface area contributed by atoms with Crippen LogP contribution >= 0.6 is 0 Å². The van der Waals surface area contributed by atoms with E-state index in [2.05, 4.69) is 0 Å². The van der Waals surface area contributed by atoms with Crippen molar-refractivity contribution in [2.45, 2.75) is 39.4 Å². The zero-order chi connectivity index (χ0) is 19.6. The molecule has 5 nitrogen and oxygen atoms in total. The van der Waals surface area contributed by atoms with E-state index in [4.69, 9.17) is 14.2 Å². The lowest BCUT2D eigenvalue weighted by molar-refractivity contribution is -0.156. The molecule has 0 saturated carbocycles. The minimum atomic E-state index is -0.685. The lowest BCUT2D eigenvalue weighted by atomic mass is 10.1. The highest BCUT2D eigenvalue weighted by molar-refractivity contribution is 5.75. The lowest BCUT2D eigenvalue weighted by Crippen LogP contribution is -2.28. The topological polar surface area (TPSA) is 65.0 Å². The molecular formula is C22H28O5. The van der Waals surface area contributed by atoms with Gasteiger partial charge in [0.25, 0.3) is 0 Å². The lowest BCUT2D eigenvalue weighted by Gasteiger charge is -2.16. The molecule has 2 aromatic rings. The van der Waals surface area contributed by atoms with Crippen LogP contribution in [0, 0.1) is 6.92 Å². The largest absolute Gasteiger partial charge is 0.491 e.